The Morgan fingerprint density at radius 3 is 1.89 bits per heavy atom. The lowest BCUT2D eigenvalue weighted by molar-refractivity contribution is -0.0885. The number of ketones is 1. The molecule has 0 spiro atoms. The summed E-state index contributed by atoms with van der Waals surface area (Å²) in [6.07, 6.45) is -4.86. The van der Waals surface area contributed by atoms with Crippen molar-refractivity contribution in [3.05, 3.63) is 60.2 Å². The van der Waals surface area contributed by atoms with Crippen molar-refractivity contribution in [1.82, 2.24) is 0 Å². The number of hydrogen-bond acceptors (Lipinski definition) is 2. The molecule has 2 aromatic carbocycles. The number of Topliss-reactive ketones (excluding diaryl/α,β-unsaturated/α-hetero) is 1. The van der Waals surface area contributed by atoms with Gasteiger partial charge in [-0.2, -0.15) is 13.2 Å². The molecule has 0 aromatic heterocycles. The Morgan fingerprint density at radius 1 is 0.842 bits per heavy atom. The van der Waals surface area contributed by atoms with Gasteiger partial charge in [-0.05, 0) is 36.4 Å². The molecule has 0 saturated heterocycles. The highest BCUT2D eigenvalue weighted by Gasteiger charge is 2.39. The number of para-hydroxylation sites is 1. The predicted octanol–water partition coefficient (Wildman–Crippen LogP) is 4.22. The Hall–Kier alpha value is -2.30. The van der Waals surface area contributed by atoms with Crippen LogP contribution in [0.2, 0.25) is 0 Å². The van der Waals surface area contributed by atoms with Crippen molar-refractivity contribution < 1.29 is 22.7 Å². The zero-order valence-electron chi connectivity index (χ0n) is 9.65. The molecule has 0 atom stereocenters. The molecular formula is C14H9F3O2. The van der Waals surface area contributed by atoms with E-state index in [9.17, 15) is 18.0 Å². The first kappa shape index (κ1) is 13.1. The number of rotatable bonds is 3. The number of benzene rings is 2. The molecule has 2 rings (SSSR count). The molecule has 0 bridgehead atoms. The smallest absolute Gasteiger partial charge is 0.454 e. The molecule has 5 heteroatoms. The summed E-state index contributed by atoms with van der Waals surface area (Å²) >= 11 is 0. The Balaban J connectivity index is 2.13. The number of alkyl halides is 3. The van der Waals surface area contributed by atoms with Crippen LogP contribution in [0.1, 0.15) is 10.4 Å². The minimum absolute atomic E-state index is 0.366. The zero-order chi connectivity index (χ0) is 13.9. The molecule has 0 aliphatic rings. The summed E-state index contributed by atoms with van der Waals surface area (Å²) in [5.74, 6) is -0.930. The molecule has 0 radical (unpaired) electrons. The molecule has 19 heavy (non-hydrogen) atoms. The standard InChI is InChI=1S/C14H9F3O2/c15-14(16,17)13(18)10-6-8-12(9-7-10)19-11-4-2-1-3-5-11/h1-9H. The highest BCUT2D eigenvalue weighted by Crippen LogP contribution is 2.25. The monoisotopic (exact) mass is 266 g/mol. The number of carbonyl (C=O) groups is 1. The Kier molecular flexibility index (Phi) is 3.55. The van der Waals surface area contributed by atoms with E-state index in [4.69, 9.17) is 4.74 Å². The maximum Gasteiger partial charge on any atom is 0.454 e. The third-order valence-electron chi connectivity index (χ3n) is 2.35. The van der Waals surface area contributed by atoms with Gasteiger partial charge in [-0.1, -0.05) is 18.2 Å². The van der Waals surface area contributed by atoms with Gasteiger partial charge in [0.2, 0.25) is 0 Å². The maximum absolute atomic E-state index is 12.2. The van der Waals surface area contributed by atoms with Gasteiger partial charge in [0.15, 0.2) is 0 Å². The van der Waals surface area contributed by atoms with Crippen molar-refractivity contribution >= 4 is 5.78 Å². The average molecular weight is 266 g/mol. The van der Waals surface area contributed by atoms with Crippen molar-refractivity contribution in [3.63, 3.8) is 0 Å². The normalized spacial score (nSPS) is 11.1. The number of halogens is 3. The highest BCUT2D eigenvalue weighted by molar-refractivity contribution is 6.00. The van der Waals surface area contributed by atoms with Crippen LogP contribution in [0.5, 0.6) is 11.5 Å². The molecule has 0 fully saturated rings. The fourth-order valence-electron chi connectivity index (χ4n) is 1.46. The van der Waals surface area contributed by atoms with Gasteiger partial charge in [0.05, 0.1) is 0 Å². The first-order valence-electron chi connectivity index (χ1n) is 5.41. The molecule has 98 valence electrons. The topological polar surface area (TPSA) is 26.3 Å². The van der Waals surface area contributed by atoms with Gasteiger partial charge in [0.25, 0.3) is 5.78 Å². The van der Waals surface area contributed by atoms with Crippen molar-refractivity contribution in [2.24, 2.45) is 0 Å². The Morgan fingerprint density at radius 2 is 1.37 bits per heavy atom. The van der Waals surface area contributed by atoms with Crippen LogP contribution in [0.3, 0.4) is 0 Å². The van der Waals surface area contributed by atoms with Crippen LogP contribution in [0.15, 0.2) is 54.6 Å². The lowest BCUT2D eigenvalue weighted by Gasteiger charge is -2.07. The molecule has 0 aliphatic carbocycles. The molecule has 0 heterocycles. The van der Waals surface area contributed by atoms with Crippen LogP contribution >= 0.6 is 0 Å². The van der Waals surface area contributed by atoms with E-state index >= 15 is 0 Å². The Labute approximate surface area is 107 Å². The van der Waals surface area contributed by atoms with Crippen LogP contribution in [-0.2, 0) is 0 Å². The van der Waals surface area contributed by atoms with Crippen LogP contribution in [-0.4, -0.2) is 12.0 Å². The highest BCUT2D eigenvalue weighted by atomic mass is 19.4. The molecule has 0 unspecified atom stereocenters. The summed E-state index contributed by atoms with van der Waals surface area (Å²) < 4.78 is 42.0. The number of ether oxygens (including phenoxy) is 1. The largest absolute Gasteiger partial charge is 0.457 e. The summed E-state index contributed by atoms with van der Waals surface area (Å²) in [6, 6.07) is 13.6. The second-order valence-corrected chi connectivity index (χ2v) is 3.77. The lowest BCUT2D eigenvalue weighted by Crippen LogP contribution is -2.22. The van der Waals surface area contributed by atoms with Gasteiger partial charge in [-0.25, -0.2) is 0 Å². The van der Waals surface area contributed by atoms with Crippen LogP contribution in [0.25, 0.3) is 0 Å². The van der Waals surface area contributed by atoms with Gasteiger partial charge < -0.3 is 4.74 Å². The fraction of sp³-hybridized carbons (Fsp3) is 0.0714. The van der Waals surface area contributed by atoms with Crippen molar-refractivity contribution in [1.29, 1.82) is 0 Å². The van der Waals surface area contributed by atoms with Gasteiger partial charge in [-0.3, -0.25) is 4.79 Å². The number of hydrogen-bond donors (Lipinski definition) is 0. The molecule has 2 nitrogen and oxygen atoms in total. The summed E-state index contributed by atoms with van der Waals surface area (Å²) in [7, 11) is 0. The molecule has 2 aromatic rings. The minimum Gasteiger partial charge on any atom is -0.457 e. The first-order valence-corrected chi connectivity index (χ1v) is 5.41. The molecule has 0 saturated carbocycles. The second-order valence-electron chi connectivity index (χ2n) is 3.77. The van der Waals surface area contributed by atoms with E-state index in [1.54, 1.807) is 24.3 Å². The van der Waals surface area contributed by atoms with E-state index < -0.39 is 17.5 Å². The van der Waals surface area contributed by atoms with Crippen molar-refractivity contribution in [2.75, 3.05) is 0 Å². The zero-order valence-corrected chi connectivity index (χ0v) is 9.65. The molecular weight excluding hydrogens is 257 g/mol. The van der Waals surface area contributed by atoms with E-state index in [0.717, 1.165) is 12.1 Å². The van der Waals surface area contributed by atoms with E-state index in [0.29, 0.717) is 11.5 Å². The summed E-state index contributed by atoms with van der Waals surface area (Å²) in [6.45, 7) is 0. The number of carbonyl (C=O) groups excluding carboxylic acids is 1. The predicted molar refractivity (Wildman–Crippen MR) is 63.3 cm³/mol. The minimum atomic E-state index is -4.86. The van der Waals surface area contributed by atoms with Gasteiger partial charge >= 0.3 is 6.18 Å². The van der Waals surface area contributed by atoms with Crippen LogP contribution in [0, 0.1) is 0 Å². The summed E-state index contributed by atoms with van der Waals surface area (Å²) in [5, 5.41) is 0. The van der Waals surface area contributed by atoms with Crippen LogP contribution in [0.4, 0.5) is 13.2 Å². The quantitative estimate of drug-likeness (QED) is 0.777. The van der Waals surface area contributed by atoms with E-state index in [1.165, 1.54) is 12.1 Å². The summed E-state index contributed by atoms with van der Waals surface area (Å²) in [5.41, 5.74) is -0.409. The van der Waals surface area contributed by atoms with Gasteiger partial charge in [-0.15, -0.1) is 0 Å². The van der Waals surface area contributed by atoms with E-state index in [-0.39, 0.29) is 0 Å². The lowest BCUT2D eigenvalue weighted by atomic mass is 10.1. The van der Waals surface area contributed by atoms with Crippen LogP contribution < -0.4 is 4.74 Å². The first-order chi connectivity index (χ1) is 8.97. The second kappa shape index (κ2) is 5.14. The maximum atomic E-state index is 12.2. The third kappa shape index (κ3) is 3.34. The third-order valence-corrected chi connectivity index (χ3v) is 2.35. The average Bonchev–Trinajstić information content (AvgIpc) is 2.39. The van der Waals surface area contributed by atoms with Gasteiger partial charge in [0, 0.05) is 5.56 Å². The SMILES string of the molecule is O=C(c1ccc(Oc2ccccc2)cc1)C(F)(F)F. The van der Waals surface area contributed by atoms with Crippen molar-refractivity contribution in [2.45, 2.75) is 6.18 Å². The molecule has 0 amide bonds. The molecule has 0 aliphatic heterocycles. The van der Waals surface area contributed by atoms with E-state index in [2.05, 4.69) is 0 Å². The van der Waals surface area contributed by atoms with Crippen molar-refractivity contribution in [3.8, 4) is 11.5 Å². The fourth-order valence-corrected chi connectivity index (χ4v) is 1.46. The van der Waals surface area contributed by atoms with E-state index in [1.807, 2.05) is 6.07 Å². The van der Waals surface area contributed by atoms with Gasteiger partial charge in [0.1, 0.15) is 11.5 Å². The molecule has 0 N–H and O–H groups in total. The Bertz CT molecular complexity index is 559. The summed E-state index contributed by atoms with van der Waals surface area (Å²) in [4.78, 5) is 11.0.